The molecule has 2 aromatic carbocycles. The fraction of sp³-hybridized carbons (Fsp3) is 0.500. The summed E-state index contributed by atoms with van der Waals surface area (Å²) in [6.45, 7) is 8.81. The molecule has 32 heavy (non-hydrogen) atoms. The van der Waals surface area contributed by atoms with E-state index in [4.69, 9.17) is 4.74 Å². The van der Waals surface area contributed by atoms with Crippen molar-refractivity contribution in [3.63, 3.8) is 0 Å². The van der Waals surface area contributed by atoms with Crippen LogP contribution in [0.25, 0.3) is 0 Å². The van der Waals surface area contributed by atoms with Crippen molar-refractivity contribution in [2.75, 3.05) is 6.61 Å². The van der Waals surface area contributed by atoms with Gasteiger partial charge in [-0.2, -0.15) is 0 Å². The molecule has 0 aromatic heterocycles. The summed E-state index contributed by atoms with van der Waals surface area (Å²) in [5, 5.41) is 2.95. The molecule has 1 unspecified atom stereocenters. The van der Waals surface area contributed by atoms with Gasteiger partial charge in [-0.3, -0.25) is 4.79 Å². The van der Waals surface area contributed by atoms with Gasteiger partial charge in [0.15, 0.2) is 0 Å². The van der Waals surface area contributed by atoms with E-state index in [2.05, 4.69) is 38.2 Å². The molecule has 0 bridgehead atoms. The van der Waals surface area contributed by atoms with Gasteiger partial charge in [-0.1, -0.05) is 94.6 Å². The molecule has 174 valence electrons. The topological polar surface area (TPSA) is 55.4 Å². The predicted molar refractivity (Wildman–Crippen MR) is 131 cm³/mol. The molecule has 0 fully saturated rings. The van der Waals surface area contributed by atoms with Gasteiger partial charge in [0.1, 0.15) is 6.04 Å². The van der Waals surface area contributed by atoms with E-state index in [0.717, 1.165) is 43.2 Å². The first-order valence-corrected chi connectivity index (χ1v) is 12.0. The van der Waals surface area contributed by atoms with Crippen LogP contribution in [-0.4, -0.2) is 24.5 Å². The van der Waals surface area contributed by atoms with E-state index in [9.17, 15) is 9.59 Å². The lowest BCUT2D eigenvalue weighted by molar-refractivity contribution is -0.148. The minimum absolute atomic E-state index is 0.162. The number of hydrogen-bond acceptors (Lipinski definition) is 3. The van der Waals surface area contributed by atoms with Crippen LogP contribution < -0.4 is 5.32 Å². The summed E-state index contributed by atoms with van der Waals surface area (Å²) in [5.41, 5.74) is 3.21. The molecule has 1 N–H and O–H groups in total. The van der Waals surface area contributed by atoms with E-state index in [1.165, 1.54) is 5.56 Å². The fourth-order valence-electron chi connectivity index (χ4n) is 3.71. The van der Waals surface area contributed by atoms with Gasteiger partial charge in [0.05, 0.1) is 12.5 Å². The van der Waals surface area contributed by atoms with Gasteiger partial charge < -0.3 is 10.1 Å². The lowest BCUT2D eigenvalue weighted by atomic mass is 9.95. The van der Waals surface area contributed by atoms with Gasteiger partial charge in [0, 0.05) is 6.42 Å². The molecule has 4 heteroatoms. The summed E-state index contributed by atoms with van der Waals surface area (Å²) >= 11 is 0. The SMILES string of the molecule is CCCCCCOC(=O)[C@H](Cc1ccccc1)NC(=O)C(C)c1ccc(CC(C)C)cc1. The molecule has 0 aliphatic rings. The minimum Gasteiger partial charge on any atom is -0.464 e. The second-order valence-corrected chi connectivity index (χ2v) is 9.04. The number of benzene rings is 2. The number of hydrogen-bond donors (Lipinski definition) is 1. The smallest absolute Gasteiger partial charge is 0.328 e. The van der Waals surface area contributed by atoms with Crippen LogP contribution in [0.1, 0.15) is 76.0 Å². The highest BCUT2D eigenvalue weighted by atomic mass is 16.5. The van der Waals surface area contributed by atoms with Gasteiger partial charge in [-0.05, 0) is 42.4 Å². The molecule has 0 saturated carbocycles. The Bertz CT molecular complexity index is 814. The standard InChI is InChI=1S/C28H39NO3/c1-5-6-7-11-18-32-28(31)26(20-23-12-9-8-10-13-23)29-27(30)22(4)25-16-14-24(15-17-25)19-21(2)3/h8-10,12-17,21-22,26H,5-7,11,18-20H2,1-4H3,(H,29,30)/t22?,26-/m0/s1. The second-order valence-electron chi connectivity index (χ2n) is 9.04. The Morgan fingerprint density at radius 2 is 1.50 bits per heavy atom. The number of nitrogens with one attached hydrogen (secondary N) is 1. The van der Waals surface area contributed by atoms with Crippen molar-refractivity contribution >= 4 is 11.9 Å². The van der Waals surface area contributed by atoms with Crippen molar-refractivity contribution in [3.8, 4) is 0 Å². The maximum atomic E-state index is 13.0. The number of rotatable bonds is 13. The molecular weight excluding hydrogens is 398 g/mol. The molecular formula is C28H39NO3. The zero-order chi connectivity index (χ0) is 23.3. The number of carbonyl (C=O) groups is 2. The van der Waals surface area contributed by atoms with E-state index in [-0.39, 0.29) is 17.8 Å². The Morgan fingerprint density at radius 1 is 0.844 bits per heavy atom. The van der Waals surface area contributed by atoms with Crippen LogP contribution in [0, 0.1) is 5.92 Å². The molecule has 4 nitrogen and oxygen atoms in total. The number of unbranched alkanes of at least 4 members (excludes halogenated alkanes) is 3. The van der Waals surface area contributed by atoms with Crippen molar-refractivity contribution in [2.24, 2.45) is 5.92 Å². The Balaban J connectivity index is 2.02. The number of carbonyl (C=O) groups excluding carboxylic acids is 2. The molecule has 0 spiro atoms. The van der Waals surface area contributed by atoms with Crippen LogP contribution in [0.3, 0.4) is 0 Å². The van der Waals surface area contributed by atoms with E-state index >= 15 is 0 Å². The largest absolute Gasteiger partial charge is 0.464 e. The van der Waals surface area contributed by atoms with Gasteiger partial charge in [-0.25, -0.2) is 4.79 Å². The first-order valence-electron chi connectivity index (χ1n) is 12.0. The molecule has 0 aliphatic heterocycles. The van der Waals surface area contributed by atoms with Crippen LogP contribution >= 0.6 is 0 Å². The average molecular weight is 438 g/mol. The molecule has 0 aliphatic carbocycles. The molecule has 0 radical (unpaired) electrons. The van der Waals surface area contributed by atoms with E-state index in [1.807, 2.05) is 49.4 Å². The lowest BCUT2D eigenvalue weighted by Gasteiger charge is -2.21. The molecule has 2 atom stereocenters. The van der Waals surface area contributed by atoms with Gasteiger partial charge >= 0.3 is 5.97 Å². The van der Waals surface area contributed by atoms with E-state index < -0.39 is 6.04 Å². The first kappa shape index (κ1) is 25.6. The molecule has 2 rings (SSSR count). The molecule has 0 heterocycles. The number of ether oxygens (including phenoxy) is 1. The predicted octanol–water partition coefficient (Wildman–Crippen LogP) is 5.84. The first-order chi connectivity index (χ1) is 15.4. The zero-order valence-electron chi connectivity index (χ0n) is 20.1. The fourth-order valence-corrected chi connectivity index (χ4v) is 3.71. The summed E-state index contributed by atoms with van der Waals surface area (Å²) in [6, 6.07) is 17.2. The van der Waals surface area contributed by atoms with Gasteiger partial charge in [0.2, 0.25) is 5.91 Å². The monoisotopic (exact) mass is 437 g/mol. The van der Waals surface area contributed by atoms with Crippen LogP contribution in [0.4, 0.5) is 0 Å². The van der Waals surface area contributed by atoms with Crippen molar-refractivity contribution in [1.82, 2.24) is 5.32 Å². The van der Waals surface area contributed by atoms with Crippen molar-refractivity contribution in [1.29, 1.82) is 0 Å². The molecule has 2 aromatic rings. The van der Waals surface area contributed by atoms with E-state index in [1.54, 1.807) is 0 Å². The summed E-state index contributed by atoms with van der Waals surface area (Å²) in [5.74, 6) is -0.282. The van der Waals surface area contributed by atoms with Gasteiger partial charge in [0.25, 0.3) is 0 Å². The summed E-state index contributed by atoms with van der Waals surface area (Å²) in [6.07, 6.45) is 5.60. The highest BCUT2D eigenvalue weighted by molar-refractivity contribution is 5.88. The number of esters is 1. The lowest BCUT2D eigenvalue weighted by Crippen LogP contribution is -2.45. The summed E-state index contributed by atoms with van der Waals surface area (Å²) in [4.78, 5) is 25.8. The average Bonchev–Trinajstić information content (AvgIpc) is 2.78. The van der Waals surface area contributed by atoms with Crippen LogP contribution in [0.5, 0.6) is 0 Å². The highest BCUT2D eigenvalue weighted by Gasteiger charge is 2.25. The van der Waals surface area contributed by atoms with Crippen LogP contribution in [-0.2, 0) is 27.2 Å². The maximum absolute atomic E-state index is 13.0. The number of amides is 1. The third-order valence-corrected chi connectivity index (χ3v) is 5.64. The van der Waals surface area contributed by atoms with E-state index in [0.29, 0.717) is 18.9 Å². The maximum Gasteiger partial charge on any atom is 0.328 e. The van der Waals surface area contributed by atoms with Gasteiger partial charge in [-0.15, -0.1) is 0 Å². The normalized spacial score (nSPS) is 12.9. The quantitative estimate of drug-likeness (QED) is 0.316. The minimum atomic E-state index is -0.696. The third-order valence-electron chi connectivity index (χ3n) is 5.64. The third kappa shape index (κ3) is 8.86. The summed E-state index contributed by atoms with van der Waals surface area (Å²) in [7, 11) is 0. The van der Waals surface area contributed by atoms with Crippen LogP contribution in [0.15, 0.2) is 54.6 Å². The highest BCUT2D eigenvalue weighted by Crippen LogP contribution is 2.18. The second kappa shape index (κ2) is 13.7. The Labute approximate surface area is 193 Å². The zero-order valence-corrected chi connectivity index (χ0v) is 20.1. The Morgan fingerprint density at radius 3 is 2.12 bits per heavy atom. The molecule has 0 saturated heterocycles. The Hall–Kier alpha value is -2.62. The molecule has 1 amide bonds. The summed E-state index contributed by atoms with van der Waals surface area (Å²) < 4.78 is 5.51. The Kier molecular flexibility index (Phi) is 11.0. The van der Waals surface area contributed by atoms with Crippen molar-refractivity contribution in [3.05, 3.63) is 71.3 Å². The van der Waals surface area contributed by atoms with Crippen molar-refractivity contribution < 1.29 is 14.3 Å². The van der Waals surface area contributed by atoms with Crippen LogP contribution in [0.2, 0.25) is 0 Å². The van der Waals surface area contributed by atoms with Crippen molar-refractivity contribution in [2.45, 2.75) is 78.2 Å².